The molecule has 3 aromatic carbocycles. The van der Waals surface area contributed by atoms with E-state index in [0.717, 1.165) is 0 Å². The average Bonchev–Trinajstić information content (AvgIpc) is 2.80. The van der Waals surface area contributed by atoms with Crippen LogP contribution in [0.3, 0.4) is 0 Å². The Morgan fingerprint density at radius 2 is 1.78 bits per heavy atom. The summed E-state index contributed by atoms with van der Waals surface area (Å²) in [6.07, 6.45) is 1.56. The van der Waals surface area contributed by atoms with Gasteiger partial charge in [-0.15, -0.1) is 0 Å². The van der Waals surface area contributed by atoms with Crippen molar-refractivity contribution in [2.45, 2.75) is 6.42 Å². The summed E-state index contributed by atoms with van der Waals surface area (Å²) in [5.41, 5.74) is 1.17. The van der Waals surface area contributed by atoms with Crippen LogP contribution in [0, 0.1) is 11.9 Å². The molecule has 32 heavy (non-hydrogen) atoms. The number of carbonyl (C=O) groups excluding carboxylic acids is 1. The van der Waals surface area contributed by atoms with Gasteiger partial charge in [0.05, 0.1) is 31.4 Å². The maximum absolute atomic E-state index is 14.7. The minimum Gasteiger partial charge on any atom is -0.493 e. The lowest BCUT2D eigenvalue weighted by Gasteiger charge is -2.12. The molecule has 0 unspecified atom stereocenters. The Balaban J connectivity index is 1.61. The Morgan fingerprint density at radius 3 is 2.50 bits per heavy atom. The van der Waals surface area contributed by atoms with E-state index in [1.807, 2.05) is 0 Å². The number of ether oxygens (including phenoxy) is 3. The van der Waals surface area contributed by atoms with Gasteiger partial charge in [0.2, 0.25) is 0 Å². The zero-order valence-electron chi connectivity index (χ0n) is 17.3. The Bertz CT molecular complexity index is 1310. The Kier molecular flexibility index (Phi) is 6.23. The maximum atomic E-state index is 14.7. The number of rotatable bonds is 7. The fourth-order valence-electron chi connectivity index (χ4n) is 3.29. The number of carbonyl (C=O) groups is 1. The van der Waals surface area contributed by atoms with E-state index in [0.29, 0.717) is 38.7 Å². The highest BCUT2D eigenvalue weighted by atomic mass is 35.5. The van der Waals surface area contributed by atoms with Crippen LogP contribution in [-0.4, -0.2) is 25.0 Å². The number of hydrogen-bond acceptors (Lipinski definition) is 5. The Hall–Kier alpha value is -3.64. The first-order valence-electron chi connectivity index (χ1n) is 9.67. The van der Waals surface area contributed by atoms with Crippen LogP contribution in [0.15, 0.2) is 60.8 Å². The second-order valence-electron chi connectivity index (χ2n) is 6.88. The molecule has 5 nitrogen and oxygen atoms in total. The zero-order chi connectivity index (χ0) is 22.7. The van der Waals surface area contributed by atoms with Crippen LogP contribution < -0.4 is 14.2 Å². The number of pyridine rings is 1. The molecule has 1 heterocycles. The van der Waals surface area contributed by atoms with Gasteiger partial charge in [-0.2, -0.15) is 0 Å². The molecule has 4 aromatic rings. The molecule has 0 aliphatic heterocycles. The molecule has 4 rings (SSSR count). The van der Waals surface area contributed by atoms with Crippen molar-refractivity contribution in [3.05, 3.63) is 88.8 Å². The summed E-state index contributed by atoms with van der Waals surface area (Å²) in [5, 5.41) is 1.11. The minimum atomic E-state index is -0.794. The van der Waals surface area contributed by atoms with Crippen LogP contribution in [0.25, 0.3) is 10.9 Å². The number of aromatic nitrogens is 1. The van der Waals surface area contributed by atoms with Gasteiger partial charge in [-0.25, -0.2) is 4.39 Å². The number of benzene rings is 3. The Morgan fingerprint density at radius 1 is 1.03 bits per heavy atom. The molecule has 0 saturated heterocycles. The summed E-state index contributed by atoms with van der Waals surface area (Å²) in [5.74, 6) is 0.403. The zero-order valence-corrected chi connectivity index (χ0v) is 18.1. The van der Waals surface area contributed by atoms with Gasteiger partial charge in [0.15, 0.2) is 17.3 Å². The van der Waals surface area contributed by atoms with E-state index >= 15 is 0 Å². The summed E-state index contributed by atoms with van der Waals surface area (Å²) >= 11 is 6.10. The molecule has 0 bridgehead atoms. The molecular weight excluding hydrogens is 433 g/mol. The van der Waals surface area contributed by atoms with Crippen LogP contribution in [0.4, 0.5) is 4.39 Å². The Labute approximate surface area is 189 Å². The molecular formula is C25H18ClFNO4. The summed E-state index contributed by atoms with van der Waals surface area (Å²) in [7, 11) is 3.07. The van der Waals surface area contributed by atoms with Gasteiger partial charge < -0.3 is 14.2 Å². The monoisotopic (exact) mass is 450 g/mol. The summed E-state index contributed by atoms with van der Waals surface area (Å²) < 4.78 is 31.2. The molecule has 161 valence electrons. The van der Waals surface area contributed by atoms with Crippen molar-refractivity contribution in [2.75, 3.05) is 14.2 Å². The third-order valence-electron chi connectivity index (χ3n) is 4.91. The number of nitrogens with zero attached hydrogens (tertiary/aromatic N) is 1. The number of Topliss-reactive ketones (excluding diaryl/α,β-unsaturated/α-hetero) is 1. The molecule has 1 aromatic heterocycles. The smallest absolute Gasteiger partial charge is 0.170 e. The van der Waals surface area contributed by atoms with Gasteiger partial charge in [-0.1, -0.05) is 29.8 Å². The highest BCUT2D eigenvalue weighted by molar-refractivity contribution is 6.31. The van der Waals surface area contributed by atoms with Crippen molar-refractivity contribution in [3.8, 4) is 23.0 Å². The van der Waals surface area contributed by atoms with Gasteiger partial charge >= 0.3 is 0 Å². The van der Waals surface area contributed by atoms with Gasteiger partial charge in [0.1, 0.15) is 17.3 Å². The average molecular weight is 451 g/mol. The predicted molar refractivity (Wildman–Crippen MR) is 120 cm³/mol. The molecule has 0 aliphatic carbocycles. The number of ketones is 1. The number of halogens is 2. The lowest BCUT2D eigenvalue weighted by molar-refractivity contribution is 0.0989. The standard InChI is InChI=1S/C25H18ClFNO4/c1-30-24-13-18-21(14-25(24)31-2)28-10-9-23(18)32-16-7-8-17(20(27)12-16)22(29)11-15-5-3-4-6-19(15)26/h3-10,13-14H,11H2,1-2H3. The van der Waals surface area contributed by atoms with E-state index < -0.39 is 11.6 Å². The van der Waals surface area contributed by atoms with E-state index in [9.17, 15) is 9.18 Å². The third kappa shape index (κ3) is 4.36. The lowest BCUT2D eigenvalue weighted by Crippen LogP contribution is -2.07. The van der Waals surface area contributed by atoms with E-state index in [1.54, 1.807) is 48.7 Å². The number of methoxy groups -OCH3 is 2. The van der Waals surface area contributed by atoms with Crippen molar-refractivity contribution in [2.24, 2.45) is 0 Å². The number of hydrogen-bond donors (Lipinski definition) is 0. The normalized spacial score (nSPS) is 10.8. The van der Waals surface area contributed by atoms with Crippen molar-refractivity contribution >= 4 is 28.3 Å². The number of fused-ring (bicyclic) bond motifs is 1. The van der Waals surface area contributed by atoms with Gasteiger partial charge in [-0.3, -0.25) is 9.78 Å². The van der Waals surface area contributed by atoms with Crippen LogP contribution in [0.1, 0.15) is 15.9 Å². The quantitative estimate of drug-likeness (QED) is 0.320. The van der Waals surface area contributed by atoms with Crippen LogP contribution in [0.2, 0.25) is 5.02 Å². The van der Waals surface area contributed by atoms with Crippen LogP contribution in [0.5, 0.6) is 23.0 Å². The SMILES string of the molecule is COc1cc2nccc(Oc3[c]c(F)c(C(=O)Cc4ccccc4Cl)cc3)c2cc1OC. The predicted octanol–water partition coefficient (Wildman–Crippen LogP) is 6.06. The molecule has 0 spiro atoms. The molecule has 0 fully saturated rings. The summed E-state index contributed by atoms with van der Waals surface area (Å²) in [6, 6.07) is 17.4. The summed E-state index contributed by atoms with van der Waals surface area (Å²) in [4.78, 5) is 16.9. The molecule has 0 aliphatic rings. The molecule has 7 heteroatoms. The molecule has 0 N–H and O–H groups in total. The van der Waals surface area contributed by atoms with Gasteiger partial charge in [-0.05, 0) is 35.9 Å². The van der Waals surface area contributed by atoms with Gasteiger partial charge in [0, 0.05) is 29.1 Å². The first-order valence-corrected chi connectivity index (χ1v) is 10.0. The van der Waals surface area contributed by atoms with Gasteiger partial charge in [0.25, 0.3) is 0 Å². The van der Waals surface area contributed by atoms with Crippen molar-refractivity contribution in [3.63, 3.8) is 0 Å². The second kappa shape index (κ2) is 9.24. The molecule has 0 atom stereocenters. The van der Waals surface area contributed by atoms with Crippen molar-refractivity contribution in [1.82, 2.24) is 4.98 Å². The van der Waals surface area contributed by atoms with E-state index in [2.05, 4.69) is 11.1 Å². The van der Waals surface area contributed by atoms with E-state index in [1.165, 1.54) is 26.4 Å². The maximum Gasteiger partial charge on any atom is 0.170 e. The lowest BCUT2D eigenvalue weighted by atomic mass is 10.0. The van der Waals surface area contributed by atoms with Crippen molar-refractivity contribution in [1.29, 1.82) is 0 Å². The molecule has 0 saturated carbocycles. The topological polar surface area (TPSA) is 57.7 Å². The highest BCUT2D eigenvalue weighted by Crippen LogP contribution is 2.37. The summed E-state index contributed by atoms with van der Waals surface area (Å²) in [6.45, 7) is 0. The molecule has 1 radical (unpaired) electrons. The minimum absolute atomic E-state index is 0.0126. The fraction of sp³-hybridized carbons (Fsp3) is 0.120. The first kappa shape index (κ1) is 21.6. The fourth-order valence-corrected chi connectivity index (χ4v) is 3.49. The second-order valence-corrected chi connectivity index (χ2v) is 7.28. The van der Waals surface area contributed by atoms with E-state index in [-0.39, 0.29) is 17.7 Å². The largest absolute Gasteiger partial charge is 0.493 e. The van der Waals surface area contributed by atoms with Crippen LogP contribution in [-0.2, 0) is 6.42 Å². The van der Waals surface area contributed by atoms with E-state index in [4.69, 9.17) is 25.8 Å². The first-order chi connectivity index (χ1) is 15.5. The van der Waals surface area contributed by atoms with Crippen LogP contribution >= 0.6 is 11.6 Å². The third-order valence-corrected chi connectivity index (χ3v) is 5.28. The van der Waals surface area contributed by atoms with Crippen molar-refractivity contribution < 1.29 is 23.4 Å². The highest BCUT2D eigenvalue weighted by Gasteiger charge is 2.16. The molecule has 0 amide bonds.